The number of piperidine rings is 1. The van der Waals surface area contributed by atoms with E-state index in [0.29, 0.717) is 43.8 Å². The van der Waals surface area contributed by atoms with Gasteiger partial charge in [0.05, 0.1) is 12.0 Å². The highest BCUT2D eigenvalue weighted by molar-refractivity contribution is 7.89. The van der Waals surface area contributed by atoms with E-state index in [1.807, 2.05) is 4.90 Å². The van der Waals surface area contributed by atoms with Gasteiger partial charge in [0.15, 0.2) is 0 Å². The molecule has 1 amide bonds. The van der Waals surface area contributed by atoms with E-state index in [1.54, 1.807) is 31.4 Å². The van der Waals surface area contributed by atoms with Crippen LogP contribution < -0.4 is 10.1 Å². The van der Waals surface area contributed by atoms with Gasteiger partial charge in [0.25, 0.3) is 0 Å². The van der Waals surface area contributed by atoms with E-state index in [1.165, 1.54) is 10.7 Å². The molecule has 2 aliphatic rings. The number of carbonyl (C=O) groups is 2. The standard InChI is InChI=1S/C23H38N4O4S.C2HF3O2/c1-19-16-20(2)18-25(17-19)14-15-27(11-8-23(28)26-12-9-24-10-13-26)32(29,30)22-6-4-21(31-3)5-7-22;3-2(4,5)1(6)7/h4-7,19-20,24H,8-18H2,1-3H3;(H,6,7). The number of hydrogen-bond acceptors (Lipinski definition) is 7. The summed E-state index contributed by atoms with van der Waals surface area (Å²) in [6, 6.07) is 6.46. The van der Waals surface area contributed by atoms with E-state index < -0.39 is 22.2 Å². The Hall–Kier alpha value is -2.42. The maximum Gasteiger partial charge on any atom is 0.490 e. The first-order chi connectivity index (χ1) is 18.2. The number of rotatable bonds is 9. The van der Waals surface area contributed by atoms with E-state index in [-0.39, 0.29) is 23.8 Å². The minimum Gasteiger partial charge on any atom is -0.497 e. The number of aliphatic carboxylic acids is 1. The lowest BCUT2D eigenvalue weighted by Crippen LogP contribution is -2.48. The molecule has 10 nitrogen and oxygen atoms in total. The molecule has 2 heterocycles. The molecule has 222 valence electrons. The second-order valence-electron chi connectivity index (χ2n) is 9.97. The van der Waals surface area contributed by atoms with Gasteiger partial charge in [-0.05, 0) is 42.5 Å². The quantitative estimate of drug-likeness (QED) is 0.456. The Bertz CT molecular complexity index is 1020. The molecular formula is C25H39F3N4O6S. The molecule has 1 aromatic rings. The molecule has 1 aromatic carbocycles. The number of carboxylic acids is 1. The number of piperazine rings is 1. The number of carboxylic acid groups (broad SMARTS) is 1. The molecule has 0 spiro atoms. The molecule has 2 N–H and O–H groups in total. The Morgan fingerprint density at radius 3 is 2.10 bits per heavy atom. The van der Waals surface area contributed by atoms with E-state index in [0.717, 1.165) is 26.2 Å². The number of nitrogens with one attached hydrogen (secondary N) is 1. The number of benzene rings is 1. The molecule has 2 unspecified atom stereocenters. The molecule has 2 saturated heterocycles. The van der Waals surface area contributed by atoms with Gasteiger partial charge in [-0.1, -0.05) is 13.8 Å². The fraction of sp³-hybridized carbons (Fsp3) is 0.680. The summed E-state index contributed by atoms with van der Waals surface area (Å²) in [6.07, 6.45) is -3.67. The number of alkyl halides is 3. The second kappa shape index (κ2) is 14.8. The number of ether oxygens (including phenoxy) is 1. The summed E-state index contributed by atoms with van der Waals surface area (Å²) in [4.78, 5) is 26.0. The molecule has 2 fully saturated rings. The van der Waals surface area contributed by atoms with Crippen molar-refractivity contribution in [1.29, 1.82) is 0 Å². The zero-order valence-electron chi connectivity index (χ0n) is 22.6. The zero-order valence-corrected chi connectivity index (χ0v) is 23.4. The van der Waals surface area contributed by atoms with Gasteiger partial charge in [-0.15, -0.1) is 0 Å². The molecule has 39 heavy (non-hydrogen) atoms. The van der Waals surface area contributed by atoms with Gasteiger partial charge in [0.2, 0.25) is 15.9 Å². The summed E-state index contributed by atoms with van der Waals surface area (Å²) in [5, 5.41) is 10.4. The molecule has 14 heteroatoms. The zero-order chi connectivity index (χ0) is 29.2. The van der Waals surface area contributed by atoms with Crippen molar-refractivity contribution in [2.24, 2.45) is 11.8 Å². The Morgan fingerprint density at radius 1 is 1.08 bits per heavy atom. The highest BCUT2D eigenvalue weighted by Crippen LogP contribution is 2.23. The fourth-order valence-electron chi connectivity index (χ4n) is 4.77. The van der Waals surface area contributed by atoms with Gasteiger partial charge in [-0.25, -0.2) is 13.2 Å². The molecule has 0 bridgehead atoms. The first-order valence-electron chi connectivity index (χ1n) is 12.9. The number of amides is 1. The van der Waals surface area contributed by atoms with Crippen molar-refractivity contribution in [3.63, 3.8) is 0 Å². The van der Waals surface area contributed by atoms with Crippen molar-refractivity contribution in [2.45, 2.75) is 37.8 Å². The average molecular weight is 581 g/mol. The summed E-state index contributed by atoms with van der Waals surface area (Å²) in [5.41, 5.74) is 0. The third-order valence-electron chi connectivity index (χ3n) is 6.59. The fourth-order valence-corrected chi connectivity index (χ4v) is 6.20. The van der Waals surface area contributed by atoms with Crippen LogP contribution in [0.5, 0.6) is 5.75 Å². The van der Waals surface area contributed by atoms with Gasteiger partial charge in [-0.3, -0.25) is 4.79 Å². The van der Waals surface area contributed by atoms with E-state index in [9.17, 15) is 26.4 Å². The van der Waals surface area contributed by atoms with Crippen LogP contribution in [0.25, 0.3) is 0 Å². The number of sulfonamides is 1. The predicted octanol–water partition coefficient (Wildman–Crippen LogP) is 2.12. The van der Waals surface area contributed by atoms with Gasteiger partial charge in [-0.2, -0.15) is 17.5 Å². The van der Waals surface area contributed by atoms with Crippen molar-refractivity contribution < 1.29 is 41.0 Å². The van der Waals surface area contributed by atoms with Crippen LogP contribution in [-0.4, -0.2) is 112 Å². The first-order valence-corrected chi connectivity index (χ1v) is 14.3. The van der Waals surface area contributed by atoms with E-state index in [4.69, 9.17) is 14.6 Å². The third-order valence-corrected chi connectivity index (χ3v) is 8.51. The van der Waals surface area contributed by atoms with Gasteiger partial charge in [0, 0.05) is 65.3 Å². The summed E-state index contributed by atoms with van der Waals surface area (Å²) in [6.45, 7) is 10.6. The SMILES string of the molecule is COc1ccc(S(=O)(=O)N(CCC(=O)N2CCNCC2)CCN2CC(C)CC(C)C2)cc1.O=C(O)C(F)(F)F. The topological polar surface area (TPSA) is 119 Å². The van der Waals surface area contributed by atoms with Crippen LogP contribution in [0.4, 0.5) is 13.2 Å². The van der Waals surface area contributed by atoms with Crippen molar-refractivity contribution >= 4 is 21.9 Å². The smallest absolute Gasteiger partial charge is 0.490 e. The number of halogens is 3. The first kappa shape index (κ1) is 32.8. The number of hydrogen-bond donors (Lipinski definition) is 2. The van der Waals surface area contributed by atoms with Gasteiger partial charge >= 0.3 is 12.1 Å². The Morgan fingerprint density at radius 2 is 1.62 bits per heavy atom. The molecule has 0 aromatic heterocycles. The van der Waals surface area contributed by atoms with Crippen molar-refractivity contribution in [2.75, 3.05) is 66.0 Å². The van der Waals surface area contributed by atoms with Crippen molar-refractivity contribution in [1.82, 2.24) is 19.4 Å². The highest BCUT2D eigenvalue weighted by atomic mass is 32.2. The Balaban J connectivity index is 0.000000673. The summed E-state index contributed by atoms with van der Waals surface area (Å²) in [7, 11) is -2.16. The minimum atomic E-state index is -5.08. The van der Waals surface area contributed by atoms with Crippen LogP contribution in [0.2, 0.25) is 0 Å². The number of nitrogens with zero attached hydrogens (tertiary/aromatic N) is 3. The van der Waals surface area contributed by atoms with E-state index in [2.05, 4.69) is 24.1 Å². The highest BCUT2D eigenvalue weighted by Gasteiger charge is 2.38. The summed E-state index contributed by atoms with van der Waals surface area (Å²) < 4.78 is 65.3. The van der Waals surface area contributed by atoms with Crippen LogP contribution in [0.3, 0.4) is 0 Å². The lowest BCUT2D eigenvalue weighted by atomic mass is 9.92. The van der Waals surface area contributed by atoms with Gasteiger partial charge in [0.1, 0.15) is 5.75 Å². The number of methoxy groups -OCH3 is 1. The number of carbonyl (C=O) groups excluding carboxylic acids is 1. The summed E-state index contributed by atoms with van der Waals surface area (Å²) in [5.74, 6) is -0.908. The Kier molecular flexibility index (Phi) is 12.5. The van der Waals surface area contributed by atoms with Crippen LogP contribution in [-0.2, 0) is 19.6 Å². The van der Waals surface area contributed by atoms with Crippen LogP contribution in [0.1, 0.15) is 26.7 Å². The van der Waals surface area contributed by atoms with Crippen LogP contribution >= 0.6 is 0 Å². The molecule has 0 saturated carbocycles. The maximum absolute atomic E-state index is 13.5. The molecule has 0 aliphatic carbocycles. The molecular weight excluding hydrogens is 541 g/mol. The predicted molar refractivity (Wildman–Crippen MR) is 139 cm³/mol. The molecule has 0 radical (unpaired) electrons. The lowest BCUT2D eigenvalue weighted by Gasteiger charge is -2.36. The van der Waals surface area contributed by atoms with Crippen molar-refractivity contribution in [3.05, 3.63) is 24.3 Å². The largest absolute Gasteiger partial charge is 0.497 e. The third kappa shape index (κ3) is 10.6. The molecule has 2 aliphatic heterocycles. The molecule has 2 atom stereocenters. The molecule has 3 rings (SSSR count). The van der Waals surface area contributed by atoms with E-state index >= 15 is 0 Å². The Labute approximate surface area is 228 Å². The minimum absolute atomic E-state index is 0.0154. The van der Waals surface area contributed by atoms with Crippen LogP contribution in [0, 0.1) is 11.8 Å². The summed E-state index contributed by atoms with van der Waals surface area (Å²) >= 11 is 0. The average Bonchev–Trinajstić information content (AvgIpc) is 2.88. The lowest BCUT2D eigenvalue weighted by molar-refractivity contribution is -0.192. The van der Waals surface area contributed by atoms with Crippen molar-refractivity contribution in [3.8, 4) is 5.75 Å². The van der Waals surface area contributed by atoms with Gasteiger partial charge < -0.3 is 25.0 Å². The van der Waals surface area contributed by atoms with Crippen LogP contribution in [0.15, 0.2) is 29.2 Å². The normalized spacial score (nSPS) is 20.7. The second-order valence-corrected chi connectivity index (χ2v) is 11.9. The monoisotopic (exact) mass is 580 g/mol. The maximum atomic E-state index is 13.5. The number of likely N-dealkylation sites (tertiary alicyclic amines) is 1.